The van der Waals surface area contributed by atoms with Gasteiger partial charge in [-0.15, -0.1) is 11.6 Å². The summed E-state index contributed by atoms with van der Waals surface area (Å²) in [5.74, 6) is 2.03. The maximum Gasteiger partial charge on any atom is 0.127 e. The first-order valence-electron chi connectivity index (χ1n) is 6.30. The first-order valence-corrected chi connectivity index (χ1v) is 7.11. The molecule has 0 spiro atoms. The summed E-state index contributed by atoms with van der Waals surface area (Å²) >= 11 is 12.7. The van der Waals surface area contributed by atoms with Crippen LogP contribution in [0.15, 0.2) is 36.4 Å². The molecular formula is C16H16Cl2O3. The van der Waals surface area contributed by atoms with E-state index < -0.39 is 5.38 Å². The highest BCUT2D eigenvalue weighted by Gasteiger charge is 2.20. The first kappa shape index (κ1) is 15.8. The Morgan fingerprint density at radius 2 is 1.52 bits per heavy atom. The third kappa shape index (κ3) is 3.36. The molecule has 0 radical (unpaired) electrons. The maximum absolute atomic E-state index is 6.61. The molecule has 0 aliphatic carbocycles. The number of hydrogen-bond acceptors (Lipinski definition) is 3. The molecule has 0 aromatic heterocycles. The van der Waals surface area contributed by atoms with Gasteiger partial charge in [-0.2, -0.15) is 0 Å². The lowest BCUT2D eigenvalue weighted by Gasteiger charge is -2.18. The van der Waals surface area contributed by atoms with E-state index in [4.69, 9.17) is 37.4 Å². The maximum atomic E-state index is 6.61. The molecule has 0 saturated heterocycles. The van der Waals surface area contributed by atoms with E-state index in [2.05, 4.69) is 0 Å². The third-order valence-electron chi connectivity index (χ3n) is 3.18. The Balaban J connectivity index is 2.49. The second kappa shape index (κ2) is 6.92. The molecule has 0 aliphatic heterocycles. The minimum Gasteiger partial charge on any atom is -0.497 e. The van der Waals surface area contributed by atoms with E-state index in [1.807, 2.05) is 12.1 Å². The zero-order valence-corrected chi connectivity index (χ0v) is 13.5. The minimum atomic E-state index is -0.445. The molecule has 0 amide bonds. The van der Waals surface area contributed by atoms with Gasteiger partial charge in [0.05, 0.1) is 26.7 Å². The summed E-state index contributed by atoms with van der Waals surface area (Å²) in [5, 5.41) is 0.156. The zero-order valence-electron chi connectivity index (χ0n) is 12.0. The normalized spacial score (nSPS) is 11.9. The number of methoxy groups -OCH3 is 3. The van der Waals surface area contributed by atoms with Gasteiger partial charge in [-0.3, -0.25) is 0 Å². The van der Waals surface area contributed by atoms with Gasteiger partial charge in [0.1, 0.15) is 17.2 Å². The largest absolute Gasteiger partial charge is 0.497 e. The molecule has 21 heavy (non-hydrogen) atoms. The Kier molecular flexibility index (Phi) is 5.21. The summed E-state index contributed by atoms with van der Waals surface area (Å²) in [7, 11) is 4.80. The van der Waals surface area contributed by atoms with Crippen LogP contribution in [0, 0.1) is 0 Å². The number of benzene rings is 2. The average Bonchev–Trinajstić information content (AvgIpc) is 2.53. The van der Waals surface area contributed by atoms with Crippen molar-refractivity contribution in [3.63, 3.8) is 0 Å². The van der Waals surface area contributed by atoms with Gasteiger partial charge in [0.25, 0.3) is 0 Å². The molecule has 0 N–H and O–H groups in total. The Labute approximate surface area is 134 Å². The highest BCUT2D eigenvalue weighted by Crippen LogP contribution is 2.41. The molecule has 0 bridgehead atoms. The zero-order chi connectivity index (χ0) is 15.4. The number of halogens is 2. The molecule has 5 heteroatoms. The van der Waals surface area contributed by atoms with Crippen molar-refractivity contribution in [1.82, 2.24) is 0 Å². The predicted octanol–water partition coefficient (Wildman–Crippen LogP) is 4.69. The molecule has 0 aliphatic rings. The Morgan fingerprint density at radius 3 is 2.14 bits per heavy atom. The van der Waals surface area contributed by atoms with E-state index in [1.165, 1.54) is 0 Å². The molecule has 1 unspecified atom stereocenters. The van der Waals surface area contributed by atoms with Crippen molar-refractivity contribution in [2.75, 3.05) is 21.3 Å². The minimum absolute atomic E-state index is 0.445. The summed E-state index contributed by atoms with van der Waals surface area (Å²) in [6.07, 6.45) is 0. The van der Waals surface area contributed by atoms with Gasteiger partial charge in [-0.05, 0) is 30.3 Å². The van der Waals surface area contributed by atoms with E-state index in [-0.39, 0.29) is 0 Å². The Hall–Kier alpha value is -1.58. The molecule has 3 nitrogen and oxygen atoms in total. The van der Waals surface area contributed by atoms with Crippen LogP contribution in [0.2, 0.25) is 5.02 Å². The molecule has 0 saturated carbocycles. The molecule has 2 aromatic rings. The number of hydrogen-bond donors (Lipinski definition) is 0. The molecule has 0 fully saturated rings. The summed E-state index contributed by atoms with van der Waals surface area (Å²) in [6, 6.07) is 10.9. The second-order valence-corrected chi connectivity index (χ2v) is 5.23. The smallest absolute Gasteiger partial charge is 0.127 e. The van der Waals surface area contributed by atoms with Crippen molar-refractivity contribution in [3.05, 3.63) is 52.5 Å². The van der Waals surface area contributed by atoms with E-state index in [1.54, 1.807) is 45.6 Å². The molecule has 0 heterocycles. The lowest BCUT2D eigenvalue weighted by atomic mass is 10.0. The quantitative estimate of drug-likeness (QED) is 0.746. The lowest BCUT2D eigenvalue weighted by Crippen LogP contribution is -2.00. The van der Waals surface area contributed by atoms with Crippen molar-refractivity contribution >= 4 is 23.2 Å². The summed E-state index contributed by atoms with van der Waals surface area (Å²) in [5.41, 5.74) is 1.61. The second-order valence-electron chi connectivity index (χ2n) is 4.36. The third-order valence-corrected chi connectivity index (χ3v) is 3.88. The van der Waals surface area contributed by atoms with Crippen LogP contribution in [0.3, 0.4) is 0 Å². The summed E-state index contributed by atoms with van der Waals surface area (Å²) < 4.78 is 15.9. The summed E-state index contributed by atoms with van der Waals surface area (Å²) in [4.78, 5) is 0. The van der Waals surface area contributed by atoms with Crippen molar-refractivity contribution in [2.24, 2.45) is 0 Å². The van der Waals surface area contributed by atoms with Crippen LogP contribution in [0.1, 0.15) is 16.5 Å². The SMILES string of the molecule is COc1ccc(C(Cl)c2cc(Cl)ccc2OC)c(OC)c1. The fraction of sp³-hybridized carbons (Fsp3) is 0.250. The summed E-state index contributed by atoms with van der Waals surface area (Å²) in [6.45, 7) is 0. The number of alkyl halides is 1. The molecule has 1 atom stereocenters. The van der Waals surface area contributed by atoms with Crippen LogP contribution in [-0.4, -0.2) is 21.3 Å². The van der Waals surface area contributed by atoms with Crippen LogP contribution in [0.5, 0.6) is 17.2 Å². The van der Waals surface area contributed by atoms with Gasteiger partial charge in [0.15, 0.2) is 0 Å². The monoisotopic (exact) mass is 326 g/mol. The molecular weight excluding hydrogens is 311 g/mol. The lowest BCUT2D eigenvalue weighted by molar-refractivity contribution is 0.390. The molecule has 112 valence electrons. The average molecular weight is 327 g/mol. The fourth-order valence-electron chi connectivity index (χ4n) is 2.10. The Morgan fingerprint density at radius 1 is 0.810 bits per heavy atom. The van der Waals surface area contributed by atoms with Gasteiger partial charge < -0.3 is 14.2 Å². The molecule has 2 aromatic carbocycles. The topological polar surface area (TPSA) is 27.7 Å². The number of rotatable bonds is 5. The van der Waals surface area contributed by atoms with Gasteiger partial charge >= 0.3 is 0 Å². The number of ether oxygens (including phenoxy) is 3. The van der Waals surface area contributed by atoms with Crippen molar-refractivity contribution < 1.29 is 14.2 Å². The van der Waals surface area contributed by atoms with Gasteiger partial charge in [0.2, 0.25) is 0 Å². The van der Waals surface area contributed by atoms with E-state index in [9.17, 15) is 0 Å². The van der Waals surface area contributed by atoms with Crippen LogP contribution in [0.25, 0.3) is 0 Å². The molecule has 2 rings (SSSR count). The predicted molar refractivity (Wildman–Crippen MR) is 85.2 cm³/mol. The van der Waals surface area contributed by atoms with Gasteiger partial charge in [-0.25, -0.2) is 0 Å². The van der Waals surface area contributed by atoms with Gasteiger partial charge in [-0.1, -0.05) is 11.6 Å². The van der Waals surface area contributed by atoms with E-state index >= 15 is 0 Å². The van der Waals surface area contributed by atoms with Crippen molar-refractivity contribution in [2.45, 2.75) is 5.38 Å². The fourth-order valence-corrected chi connectivity index (χ4v) is 2.63. The highest BCUT2D eigenvalue weighted by molar-refractivity contribution is 6.31. The van der Waals surface area contributed by atoms with Crippen LogP contribution >= 0.6 is 23.2 Å². The standard InChI is InChI=1S/C16H16Cl2O3/c1-19-11-5-6-12(15(9-11)21-3)16(18)13-8-10(17)4-7-14(13)20-2/h4-9,16H,1-3H3. The van der Waals surface area contributed by atoms with Crippen LogP contribution in [-0.2, 0) is 0 Å². The van der Waals surface area contributed by atoms with Crippen molar-refractivity contribution in [1.29, 1.82) is 0 Å². The Bertz CT molecular complexity index is 629. The van der Waals surface area contributed by atoms with Crippen LogP contribution < -0.4 is 14.2 Å². The van der Waals surface area contributed by atoms with E-state index in [0.717, 1.165) is 11.1 Å². The first-order chi connectivity index (χ1) is 10.1. The highest BCUT2D eigenvalue weighted by atomic mass is 35.5. The van der Waals surface area contributed by atoms with E-state index in [0.29, 0.717) is 22.3 Å². The van der Waals surface area contributed by atoms with Gasteiger partial charge in [0, 0.05) is 22.2 Å². The van der Waals surface area contributed by atoms with Crippen molar-refractivity contribution in [3.8, 4) is 17.2 Å². The van der Waals surface area contributed by atoms with Crippen LogP contribution in [0.4, 0.5) is 0 Å².